The van der Waals surface area contributed by atoms with Crippen LogP contribution in [0.5, 0.6) is 0 Å². The van der Waals surface area contributed by atoms with Crippen molar-refractivity contribution in [2.75, 3.05) is 18.1 Å². The van der Waals surface area contributed by atoms with Crippen molar-refractivity contribution >= 4 is 23.8 Å². The van der Waals surface area contributed by atoms with Crippen LogP contribution in [0.1, 0.15) is 50.4 Å². The molecule has 0 saturated carbocycles. The molecule has 0 radical (unpaired) electrons. The molecule has 2 aromatic heterocycles. The molecule has 0 fully saturated rings. The molecule has 0 unspecified atom stereocenters. The van der Waals surface area contributed by atoms with Crippen LogP contribution in [0.25, 0.3) is 11.1 Å². The Kier molecular flexibility index (Phi) is 9.78. The number of nitrogens with zero attached hydrogens (tertiary/aromatic N) is 3. The molecule has 10 heteroatoms. The van der Waals surface area contributed by atoms with Crippen LogP contribution in [-0.4, -0.2) is 29.2 Å². The van der Waals surface area contributed by atoms with Crippen molar-refractivity contribution in [3.8, 4) is 17.2 Å². The summed E-state index contributed by atoms with van der Waals surface area (Å²) >= 11 is 0. The van der Waals surface area contributed by atoms with Gasteiger partial charge in [-0.15, -0.1) is 0 Å². The van der Waals surface area contributed by atoms with E-state index in [1.54, 1.807) is 31.3 Å². The van der Waals surface area contributed by atoms with Gasteiger partial charge < -0.3 is 22.1 Å². The number of benzene rings is 2. The van der Waals surface area contributed by atoms with E-state index >= 15 is 0 Å². The summed E-state index contributed by atoms with van der Waals surface area (Å²) in [5.41, 5.74) is 14.3. The van der Waals surface area contributed by atoms with Gasteiger partial charge in [0.15, 0.2) is 6.29 Å². The second-order valence-corrected chi connectivity index (χ2v) is 8.35. The van der Waals surface area contributed by atoms with Crippen molar-refractivity contribution in [1.82, 2.24) is 15.3 Å². The third-order valence-corrected chi connectivity index (χ3v) is 5.80. The highest BCUT2D eigenvalue weighted by molar-refractivity contribution is 5.99. The number of aromatic nitrogens is 2. The summed E-state index contributed by atoms with van der Waals surface area (Å²) in [6.07, 6.45) is 3.67. The SMILES string of the molecule is CN.C[C@H](NC(=O)c1cc(C#N)cnc1NCc1ccc(-c2cnc(N)c(C=O)c2)cc1)c1ccc(F)cc1. The number of nitrogens with two attached hydrogens (primary N) is 2. The fourth-order valence-electron chi connectivity index (χ4n) is 3.69. The molecule has 4 aromatic rings. The highest BCUT2D eigenvalue weighted by Crippen LogP contribution is 2.23. The Morgan fingerprint density at radius 3 is 2.38 bits per heavy atom. The average molecular weight is 526 g/mol. The predicted octanol–water partition coefficient (Wildman–Crippen LogP) is 4.23. The standard InChI is InChI=1S/C28H23FN6O2.CH5N/c1-17(20-6-8-24(29)9-7-20)35-28(37)25-10-19(12-30)14-34-27(25)33-13-18-2-4-21(5-3-18)22-11-23(16-36)26(31)32-15-22;1-2/h2-11,14-17H,13H2,1H3,(H2,31,32)(H,33,34)(H,35,37);2H2,1H3/t17-;/m0./s1. The molecule has 0 bridgehead atoms. The molecule has 0 aliphatic carbocycles. The van der Waals surface area contributed by atoms with Crippen molar-refractivity contribution in [2.24, 2.45) is 5.73 Å². The van der Waals surface area contributed by atoms with Crippen molar-refractivity contribution in [2.45, 2.75) is 19.5 Å². The third-order valence-electron chi connectivity index (χ3n) is 5.80. The molecule has 0 saturated heterocycles. The number of carbonyl (C=O) groups excluding carboxylic acids is 2. The van der Waals surface area contributed by atoms with E-state index in [0.717, 1.165) is 22.3 Å². The smallest absolute Gasteiger partial charge is 0.255 e. The molecular weight excluding hydrogens is 497 g/mol. The molecule has 1 amide bonds. The molecule has 0 aliphatic heterocycles. The zero-order chi connectivity index (χ0) is 28.4. The van der Waals surface area contributed by atoms with E-state index in [1.165, 1.54) is 31.4 Å². The number of carbonyl (C=O) groups is 2. The summed E-state index contributed by atoms with van der Waals surface area (Å²) in [4.78, 5) is 32.5. The second-order valence-electron chi connectivity index (χ2n) is 8.35. The minimum absolute atomic E-state index is 0.182. The molecule has 1 atom stereocenters. The number of nitrogen functional groups attached to an aromatic ring is 1. The molecule has 9 nitrogen and oxygen atoms in total. The second kappa shape index (κ2) is 13.4. The van der Waals surface area contributed by atoms with Gasteiger partial charge in [0.05, 0.1) is 22.7 Å². The fraction of sp³-hybridized carbons (Fsp3) is 0.138. The number of amides is 1. The fourth-order valence-corrected chi connectivity index (χ4v) is 3.69. The Hall–Kier alpha value is -5.14. The van der Waals surface area contributed by atoms with Gasteiger partial charge in [-0.05, 0) is 54.9 Å². The lowest BCUT2D eigenvalue weighted by Gasteiger charge is -2.16. The van der Waals surface area contributed by atoms with E-state index < -0.39 is 5.91 Å². The first-order chi connectivity index (χ1) is 18.9. The summed E-state index contributed by atoms with van der Waals surface area (Å²) < 4.78 is 13.2. The van der Waals surface area contributed by atoms with Crippen LogP contribution in [0.15, 0.2) is 73.1 Å². The number of aldehydes is 1. The lowest BCUT2D eigenvalue weighted by molar-refractivity contribution is 0.0940. The summed E-state index contributed by atoms with van der Waals surface area (Å²) in [5, 5.41) is 15.3. The van der Waals surface area contributed by atoms with Crippen LogP contribution in [0.4, 0.5) is 16.0 Å². The Morgan fingerprint density at radius 2 is 1.74 bits per heavy atom. The Labute approximate surface area is 225 Å². The van der Waals surface area contributed by atoms with Gasteiger partial charge >= 0.3 is 0 Å². The zero-order valence-corrected chi connectivity index (χ0v) is 21.5. The molecule has 2 heterocycles. The minimum atomic E-state index is -0.416. The van der Waals surface area contributed by atoms with Crippen molar-refractivity contribution in [3.63, 3.8) is 0 Å². The van der Waals surface area contributed by atoms with Gasteiger partial charge in [0, 0.05) is 24.5 Å². The number of pyridine rings is 2. The largest absolute Gasteiger partial charge is 0.383 e. The number of nitrogens with one attached hydrogen (secondary N) is 2. The summed E-state index contributed by atoms with van der Waals surface area (Å²) in [6, 6.07) is 18.2. The van der Waals surface area contributed by atoms with Crippen LogP contribution < -0.4 is 22.1 Å². The molecule has 39 heavy (non-hydrogen) atoms. The molecule has 198 valence electrons. The topological polar surface area (TPSA) is 160 Å². The minimum Gasteiger partial charge on any atom is -0.383 e. The zero-order valence-electron chi connectivity index (χ0n) is 21.5. The van der Waals surface area contributed by atoms with Crippen molar-refractivity contribution < 1.29 is 14.0 Å². The van der Waals surface area contributed by atoms with Gasteiger partial charge in [-0.25, -0.2) is 14.4 Å². The summed E-state index contributed by atoms with van der Waals surface area (Å²) in [5.74, 6) is -0.267. The summed E-state index contributed by atoms with van der Waals surface area (Å²) in [7, 11) is 1.50. The maximum atomic E-state index is 13.2. The molecule has 0 aliphatic rings. The Bertz CT molecular complexity index is 1480. The molecule has 0 spiro atoms. The first-order valence-electron chi connectivity index (χ1n) is 12.0. The quantitative estimate of drug-likeness (QED) is 0.249. The van der Waals surface area contributed by atoms with Crippen LogP contribution in [0.3, 0.4) is 0 Å². The highest BCUT2D eigenvalue weighted by Gasteiger charge is 2.17. The number of nitriles is 1. The lowest BCUT2D eigenvalue weighted by atomic mass is 10.0. The van der Waals surface area contributed by atoms with Gasteiger partial charge in [-0.1, -0.05) is 36.4 Å². The van der Waals surface area contributed by atoms with Crippen LogP contribution in [-0.2, 0) is 6.54 Å². The monoisotopic (exact) mass is 525 g/mol. The van der Waals surface area contributed by atoms with E-state index in [4.69, 9.17) is 5.73 Å². The molecular formula is C29H28FN7O2. The van der Waals surface area contributed by atoms with Crippen LogP contribution in [0, 0.1) is 17.1 Å². The van der Waals surface area contributed by atoms with E-state index in [0.29, 0.717) is 24.2 Å². The first-order valence-corrected chi connectivity index (χ1v) is 12.0. The molecule has 2 aromatic carbocycles. The van der Waals surface area contributed by atoms with E-state index in [-0.39, 0.29) is 28.8 Å². The average Bonchev–Trinajstić information content (AvgIpc) is 2.98. The molecule has 4 rings (SSSR count). The maximum Gasteiger partial charge on any atom is 0.255 e. The van der Waals surface area contributed by atoms with E-state index in [9.17, 15) is 19.2 Å². The van der Waals surface area contributed by atoms with Gasteiger partial charge in [-0.3, -0.25) is 9.59 Å². The van der Waals surface area contributed by atoms with Gasteiger partial charge in [0.2, 0.25) is 0 Å². The predicted molar refractivity (Wildman–Crippen MR) is 148 cm³/mol. The van der Waals surface area contributed by atoms with Gasteiger partial charge in [-0.2, -0.15) is 5.26 Å². The Balaban J connectivity index is 0.00000205. The first kappa shape index (κ1) is 28.4. The van der Waals surface area contributed by atoms with Crippen molar-refractivity contribution in [3.05, 3.63) is 107 Å². The number of halogens is 1. The number of rotatable bonds is 8. The summed E-state index contributed by atoms with van der Waals surface area (Å²) in [6.45, 7) is 2.16. The normalized spacial score (nSPS) is 10.8. The van der Waals surface area contributed by atoms with Crippen LogP contribution in [0.2, 0.25) is 0 Å². The number of hydrogen-bond acceptors (Lipinski definition) is 8. The third kappa shape index (κ3) is 7.21. The number of hydrogen-bond donors (Lipinski definition) is 4. The lowest BCUT2D eigenvalue weighted by Crippen LogP contribution is -2.28. The van der Waals surface area contributed by atoms with E-state index in [2.05, 4.69) is 26.3 Å². The Morgan fingerprint density at radius 1 is 1.05 bits per heavy atom. The number of anilines is 2. The highest BCUT2D eigenvalue weighted by atomic mass is 19.1. The van der Waals surface area contributed by atoms with Crippen LogP contribution >= 0.6 is 0 Å². The van der Waals surface area contributed by atoms with Gasteiger partial charge in [0.1, 0.15) is 23.5 Å². The van der Waals surface area contributed by atoms with E-state index in [1.807, 2.05) is 30.3 Å². The van der Waals surface area contributed by atoms with Gasteiger partial charge in [0.25, 0.3) is 5.91 Å². The maximum absolute atomic E-state index is 13.2. The van der Waals surface area contributed by atoms with Crippen molar-refractivity contribution in [1.29, 1.82) is 5.26 Å². The molecule has 6 N–H and O–H groups in total.